The van der Waals surface area contributed by atoms with E-state index in [4.69, 9.17) is 17.3 Å². The molecule has 1 unspecified atom stereocenters. The highest BCUT2D eigenvalue weighted by atomic mass is 35.5. The average molecular weight is 265 g/mol. The number of hydrogen-bond acceptors (Lipinski definition) is 3. The highest BCUT2D eigenvalue weighted by Crippen LogP contribution is 2.25. The third-order valence-corrected chi connectivity index (χ3v) is 3.21. The Kier molecular flexibility index (Phi) is 3.99. The van der Waals surface area contributed by atoms with Crippen LogP contribution in [-0.4, -0.2) is 15.0 Å². The predicted octanol–water partition coefficient (Wildman–Crippen LogP) is 2.70. The van der Waals surface area contributed by atoms with Crippen molar-refractivity contribution in [3.63, 3.8) is 0 Å². The van der Waals surface area contributed by atoms with Gasteiger partial charge in [0.25, 0.3) is 0 Å². The maximum atomic E-state index is 6.30. The summed E-state index contributed by atoms with van der Waals surface area (Å²) in [7, 11) is 0. The lowest BCUT2D eigenvalue weighted by Crippen LogP contribution is -2.18. The molecule has 0 saturated heterocycles. The van der Waals surface area contributed by atoms with E-state index >= 15 is 0 Å². The van der Waals surface area contributed by atoms with Gasteiger partial charge in [0.15, 0.2) is 0 Å². The zero-order valence-electron chi connectivity index (χ0n) is 10.6. The van der Waals surface area contributed by atoms with Gasteiger partial charge in [0.2, 0.25) is 0 Å². The highest BCUT2D eigenvalue weighted by Gasteiger charge is 2.16. The number of nitrogens with zero attached hydrogens (tertiary/aromatic N) is 3. The van der Waals surface area contributed by atoms with Crippen molar-refractivity contribution in [3.8, 4) is 0 Å². The van der Waals surface area contributed by atoms with Crippen molar-refractivity contribution in [2.75, 3.05) is 0 Å². The summed E-state index contributed by atoms with van der Waals surface area (Å²) in [5.41, 5.74) is 9.36. The fourth-order valence-corrected chi connectivity index (χ4v) is 2.18. The fraction of sp³-hybridized carbons (Fsp3) is 0.385. The van der Waals surface area contributed by atoms with Gasteiger partial charge >= 0.3 is 0 Å². The van der Waals surface area contributed by atoms with E-state index in [-0.39, 0.29) is 6.04 Å². The molecule has 2 rings (SSSR count). The standard InChI is InChI=1S/C13H17ClN4/c1-3-6-18-12(8-16-17-18)13(15)11-7-10(14)5-4-9(11)2/h4-5,7-8,13H,3,6,15H2,1-2H3. The van der Waals surface area contributed by atoms with Gasteiger partial charge in [-0.15, -0.1) is 5.10 Å². The molecule has 0 aliphatic rings. The third-order valence-electron chi connectivity index (χ3n) is 2.98. The number of aromatic nitrogens is 3. The Morgan fingerprint density at radius 1 is 1.44 bits per heavy atom. The second-order valence-electron chi connectivity index (χ2n) is 4.36. The minimum Gasteiger partial charge on any atom is -0.319 e. The molecule has 0 radical (unpaired) electrons. The van der Waals surface area contributed by atoms with E-state index in [1.165, 1.54) is 0 Å². The molecule has 1 heterocycles. The van der Waals surface area contributed by atoms with Crippen molar-refractivity contribution in [3.05, 3.63) is 46.2 Å². The summed E-state index contributed by atoms with van der Waals surface area (Å²) in [6.45, 7) is 4.95. The first-order valence-corrected chi connectivity index (χ1v) is 6.41. The molecule has 18 heavy (non-hydrogen) atoms. The number of rotatable bonds is 4. The summed E-state index contributed by atoms with van der Waals surface area (Å²) in [6.07, 6.45) is 2.72. The van der Waals surface area contributed by atoms with E-state index in [0.29, 0.717) is 5.02 Å². The minimum absolute atomic E-state index is 0.245. The Bertz CT molecular complexity index is 536. The lowest BCUT2D eigenvalue weighted by Gasteiger charge is -2.16. The van der Waals surface area contributed by atoms with Crippen LogP contribution in [0.15, 0.2) is 24.4 Å². The molecule has 0 aliphatic carbocycles. The van der Waals surface area contributed by atoms with Crippen molar-refractivity contribution >= 4 is 11.6 Å². The van der Waals surface area contributed by atoms with Crippen LogP contribution in [0.5, 0.6) is 0 Å². The van der Waals surface area contributed by atoms with Gasteiger partial charge in [0.05, 0.1) is 17.9 Å². The quantitative estimate of drug-likeness (QED) is 0.924. The van der Waals surface area contributed by atoms with E-state index < -0.39 is 0 Å². The summed E-state index contributed by atoms with van der Waals surface area (Å²) in [5, 5.41) is 8.69. The smallest absolute Gasteiger partial charge is 0.0799 e. The van der Waals surface area contributed by atoms with Crippen LogP contribution in [0.25, 0.3) is 0 Å². The van der Waals surface area contributed by atoms with Gasteiger partial charge in [-0.1, -0.05) is 29.8 Å². The molecule has 1 aromatic carbocycles. The Morgan fingerprint density at radius 3 is 2.94 bits per heavy atom. The normalized spacial score (nSPS) is 12.7. The van der Waals surface area contributed by atoms with Gasteiger partial charge in [0.1, 0.15) is 0 Å². The number of aryl methyl sites for hydroxylation is 2. The lowest BCUT2D eigenvalue weighted by molar-refractivity contribution is 0.543. The van der Waals surface area contributed by atoms with E-state index in [1.54, 1.807) is 6.20 Å². The SMILES string of the molecule is CCCn1nncc1C(N)c1cc(Cl)ccc1C. The third kappa shape index (κ3) is 2.54. The molecule has 2 aromatic rings. The molecular weight excluding hydrogens is 248 g/mol. The summed E-state index contributed by atoms with van der Waals surface area (Å²) in [4.78, 5) is 0. The van der Waals surface area contributed by atoms with Gasteiger partial charge in [-0.3, -0.25) is 0 Å². The first kappa shape index (κ1) is 13.1. The monoisotopic (exact) mass is 264 g/mol. The van der Waals surface area contributed by atoms with Gasteiger partial charge < -0.3 is 5.73 Å². The van der Waals surface area contributed by atoms with Crippen LogP contribution in [0.3, 0.4) is 0 Å². The largest absolute Gasteiger partial charge is 0.319 e. The molecule has 0 fully saturated rings. The molecule has 4 nitrogen and oxygen atoms in total. The summed E-state index contributed by atoms with van der Waals surface area (Å²) >= 11 is 6.03. The molecule has 0 aliphatic heterocycles. The molecule has 0 bridgehead atoms. The molecule has 1 aromatic heterocycles. The maximum absolute atomic E-state index is 6.30. The van der Waals surface area contributed by atoms with Crippen molar-refractivity contribution < 1.29 is 0 Å². The molecule has 5 heteroatoms. The topological polar surface area (TPSA) is 56.7 Å². The first-order chi connectivity index (χ1) is 8.63. The summed E-state index contributed by atoms with van der Waals surface area (Å²) in [6, 6.07) is 5.51. The van der Waals surface area contributed by atoms with E-state index in [1.807, 2.05) is 29.8 Å². The number of hydrogen-bond donors (Lipinski definition) is 1. The van der Waals surface area contributed by atoms with Crippen LogP contribution in [0, 0.1) is 6.92 Å². The molecule has 0 amide bonds. The van der Waals surface area contributed by atoms with E-state index in [9.17, 15) is 0 Å². The predicted molar refractivity (Wildman–Crippen MR) is 72.5 cm³/mol. The van der Waals surface area contributed by atoms with Gasteiger partial charge in [-0.2, -0.15) is 0 Å². The Balaban J connectivity index is 2.38. The van der Waals surface area contributed by atoms with Crippen LogP contribution >= 0.6 is 11.6 Å². The summed E-state index contributed by atoms with van der Waals surface area (Å²) in [5.74, 6) is 0. The van der Waals surface area contributed by atoms with Crippen molar-refractivity contribution in [2.45, 2.75) is 32.9 Å². The van der Waals surface area contributed by atoms with Gasteiger partial charge in [-0.25, -0.2) is 4.68 Å². The fourth-order valence-electron chi connectivity index (χ4n) is 2.00. The number of nitrogens with two attached hydrogens (primary N) is 1. The van der Waals surface area contributed by atoms with Crippen LogP contribution in [-0.2, 0) is 6.54 Å². The van der Waals surface area contributed by atoms with Gasteiger partial charge in [0, 0.05) is 11.6 Å². The highest BCUT2D eigenvalue weighted by molar-refractivity contribution is 6.30. The molecule has 0 saturated carbocycles. The molecular formula is C13H17ClN4. The van der Waals surface area contributed by atoms with Crippen LogP contribution < -0.4 is 5.73 Å². The maximum Gasteiger partial charge on any atom is 0.0799 e. The average Bonchev–Trinajstić information content (AvgIpc) is 2.80. The van der Waals surface area contributed by atoms with Crippen molar-refractivity contribution in [1.29, 1.82) is 0 Å². The summed E-state index contributed by atoms with van der Waals surface area (Å²) < 4.78 is 1.85. The lowest BCUT2D eigenvalue weighted by atomic mass is 10.00. The van der Waals surface area contributed by atoms with Crippen LogP contribution in [0.1, 0.15) is 36.2 Å². The zero-order valence-corrected chi connectivity index (χ0v) is 11.4. The Morgan fingerprint density at radius 2 is 2.22 bits per heavy atom. The van der Waals surface area contributed by atoms with Crippen LogP contribution in [0.2, 0.25) is 5.02 Å². The minimum atomic E-state index is -0.245. The zero-order chi connectivity index (χ0) is 13.1. The van der Waals surface area contributed by atoms with Crippen molar-refractivity contribution in [1.82, 2.24) is 15.0 Å². The Labute approximate surface area is 112 Å². The second-order valence-corrected chi connectivity index (χ2v) is 4.80. The van der Waals surface area contributed by atoms with Crippen LogP contribution in [0.4, 0.5) is 0 Å². The van der Waals surface area contributed by atoms with E-state index in [0.717, 1.165) is 29.8 Å². The molecule has 2 N–H and O–H groups in total. The molecule has 1 atom stereocenters. The molecule has 96 valence electrons. The second kappa shape index (κ2) is 5.50. The van der Waals surface area contributed by atoms with E-state index in [2.05, 4.69) is 17.2 Å². The number of benzene rings is 1. The Hall–Kier alpha value is -1.39. The number of halogens is 1. The molecule has 0 spiro atoms. The van der Waals surface area contributed by atoms with Gasteiger partial charge in [-0.05, 0) is 36.6 Å². The first-order valence-electron chi connectivity index (χ1n) is 6.03. The van der Waals surface area contributed by atoms with Crippen molar-refractivity contribution in [2.24, 2.45) is 5.73 Å².